The van der Waals surface area contributed by atoms with Crippen molar-refractivity contribution in [2.45, 2.75) is 56.6 Å². The first-order valence-electron chi connectivity index (χ1n) is 7.38. The molecule has 2 amide bonds. The van der Waals surface area contributed by atoms with Gasteiger partial charge in [-0.05, 0) is 50.9 Å². The molecule has 0 aromatic heterocycles. The summed E-state index contributed by atoms with van der Waals surface area (Å²) in [6, 6.07) is 0.165. The minimum Gasteiger partial charge on any atom is -0.396 e. The standard InChI is InChI=1S/C14H26N2O3/c1-19-14(7-2-8-14)10-15-13(18)16-12-5-3-11(9-17)4-6-12/h11-12,17H,2-10H2,1H3,(H2,15,16,18). The average molecular weight is 270 g/mol. The zero-order chi connectivity index (χ0) is 13.7. The summed E-state index contributed by atoms with van der Waals surface area (Å²) >= 11 is 0. The molecule has 19 heavy (non-hydrogen) atoms. The number of hydrogen-bond donors (Lipinski definition) is 3. The molecular formula is C14H26N2O3. The molecule has 0 aromatic carbocycles. The Hall–Kier alpha value is -0.810. The Morgan fingerprint density at radius 3 is 2.47 bits per heavy atom. The predicted molar refractivity (Wildman–Crippen MR) is 73.0 cm³/mol. The van der Waals surface area contributed by atoms with Crippen LogP contribution in [-0.2, 0) is 4.74 Å². The van der Waals surface area contributed by atoms with Gasteiger partial charge in [0, 0.05) is 26.3 Å². The van der Waals surface area contributed by atoms with E-state index in [1.807, 2.05) is 0 Å². The van der Waals surface area contributed by atoms with E-state index in [1.165, 1.54) is 6.42 Å². The number of amides is 2. The zero-order valence-electron chi connectivity index (χ0n) is 11.8. The van der Waals surface area contributed by atoms with Gasteiger partial charge in [-0.25, -0.2) is 4.79 Å². The summed E-state index contributed by atoms with van der Waals surface area (Å²) in [5.41, 5.74) is -0.119. The van der Waals surface area contributed by atoms with Crippen molar-refractivity contribution >= 4 is 6.03 Å². The number of ether oxygens (including phenoxy) is 1. The highest BCUT2D eigenvalue weighted by Gasteiger charge is 2.37. The lowest BCUT2D eigenvalue weighted by atomic mass is 9.80. The van der Waals surface area contributed by atoms with Crippen LogP contribution in [0, 0.1) is 5.92 Å². The van der Waals surface area contributed by atoms with Gasteiger partial charge in [-0.15, -0.1) is 0 Å². The van der Waals surface area contributed by atoms with Gasteiger partial charge in [0.2, 0.25) is 0 Å². The fourth-order valence-corrected chi connectivity index (χ4v) is 2.99. The number of methoxy groups -OCH3 is 1. The highest BCUT2D eigenvalue weighted by Crippen LogP contribution is 2.34. The lowest BCUT2D eigenvalue weighted by Crippen LogP contribution is -2.52. The molecule has 5 nitrogen and oxygen atoms in total. The van der Waals surface area contributed by atoms with Crippen LogP contribution in [0.2, 0.25) is 0 Å². The van der Waals surface area contributed by atoms with E-state index in [-0.39, 0.29) is 24.3 Å². The summed E-state index contributed by atoms with van der Waals surface area (Å²) in [5.74, 6) is 0.424. The van der Waals surface area contributed by atoms with Crippen LogP contribution >= 0.6 is 0 Å². The van der Waals surface area contributed by atoms with Gasteiger partial charge in [0.15, 0.2) is 0 Å². The Morgan fingerprint density at radius 1 is 1.32 bits per heavy atom. The van der Waals surface area contributed by atoms with Crippen LogP contribution in [0.15, 0.2) is 0 Å². The maximum atomic E-state index is 11.8. The van der Waals surface area contributed by atoms with Crippen molar-refractivity contribution < 1.29 is 14.6 Å². The summed E-state index contributed by atoms with van der Waals surface area (Å²) in [4.78, 5) is 11.8. The van der Waals surface area contributed by atoms with Crippen molar-refractivity contribution in [1.29, 1.82) is 0 Å². The van der Waals surface area contributed by atoms with E-state index in [0.717, 1.165) is 38.5 Å². The van der Waals surface area contributed by atoms with Crippen LogP contribution in [0.4, 0.5) is 4.79 Å². The van der Waals surface area contributed by atoms with Crippen molar-refractivity contribution in [1.82, 2.24) is 10.6 Å². The van der Waals surface area contributed by atoms with E-state index in [4.69, 9.17) is 9.84 Å². The van der Waals surface area contributed by atoms with Gasteiger partial charge < -0.3 is 20.5 Å². The Morgan fingerprint density at radius 2 is 2.00 bits per heavy atom. The first-order chi connectivity index (χ1) is 9.17. The lowest BCUT2D eigenvalue weighted by Gasteiger charge is -2.40. The third-order valence-corrected chi connectivity index (χ3v) is 4.71. The van der Waals surface area contributed by atoms with Crippen LogP contribution in [0.5, 0.6) is 0 Å². The third-order valence-electron chi connectivity index (χ3n) is 4.71. The molecule has 2 aliphatic carbocycles. The molecule has 3 N–H and O–H groups in total. The van der Waals surface area contributed by atoms with Crippen molar-refractivity contribution in [3.63, 3.8) is 0 Å². The monoisotopic (exact) mass is 270 g/mol. The maximum Gasteiger partial charge on any atom is 0.315 e. The van der Waals surface area contributed by atoms with E-state index in [2.05, 4.69) is 10.6 Å². The van der Waals surface area contributed by atoms with Crippen molar-refractivity contribution in [3.8, 4) is 0 Å². The zero-order valence-corrected chi connectivity index (χ0v) is 11.8. The number of carbonyl (C=O) groups excluding carboxylic acids is 1. The quantitative estimate of drug-likeness (QED) is 0.707. The summed E-state index contributed by atoms with van der Waals surface area (Å²) in [6.07, 6.45) is 7.19. The Balaban J connectivity index is 1.64. The molecule has 0 aliphatic heterocycles. The largest absolute Gasteiger partial charge is 0.396 e. The molecule has 2 aliphatic rings. The smallest absolute Gasteiger partial charge is 0.315 e. The topological polar surface area (TPSA) is 70.6 Å². The number of urea groups is 1. The SMILES string of the molecule is COC1(CNC(=O)NC2CCC(CO)CC2)CCC1. The normalized spacial score (nSPS) is 29.4. The number of rotatable bonds is 5. The van der Waals surface area contributed by atoms with Gasteiger partial charge in [0.05, 0.1) is 5.60 Å². The van der Waals surface area contributed by atoms with Crippen LogP contribution < -0.4 is 10.6 Å². The molecule has 0 heterocycles. The highest BCUT2D eigenvalue weighted by atomic mass is 16.5. The molecule has 0 spiro atoms. The second kappa shape index (κ2) is 6.57. The van der Waals surface area contributed by atoms with E-state index in [9.17, 15) is 4.79 Å². The van der Waals surface area contributed by atoms with Gasteiger partial charge in [0.1, 0.15) is 0 Å². The second-order valence-corrected chi connectivity index (χ2v) is 5.97. The Bertz CT molecular complexity index is 292. The van der Waals surface area contributed by atoms with Gasteiger partial charge in [-0.1, -0.05) is 0 Å². The summed E-state index contributed by atoms with van der Waals surface area (Å²) in [6.45, 7) is 0.872. The summed E-state index contributed by atoms with van der Waals surface area (Å²) in [5, 5.41) is 15.0. The maximum absolute atomic E-state index is 11.8. The molecule has 2 saturated carbocycles. The van der Waals surface area contributed by atoms with Gasteiger partial charge >= 0.3 is 6.03 Å². The van der Waals surface area contributed by atoms with Crippen molar-refractivity contribution in [3.05, 3.63) is 0 Å². The molecule has 2 rings (SSSR count). The van der Waals surface area contributed by atoms with Gasteiger partial charge in [-0.2, -0.15) is 0 Å². The second-order valence-electron chi connectivity index (χ2n) is 5.97. The average Bonchev–Trinajstić information content (AvgIpc) is 2.39. The predicted octanol–water partition coefficient (Wildman–Crippen LogP) is 1.41. The highest BCUT2D eigenvalue weighted by molar-refractivity contribution is 5.74. The van der Waals surface area contributed by atoms with Crippen LogP contribution in [0.25, 0.3) is 0 Å². The summed E-state index contributed by atoms with van der Waals surface area (Å²) < 4.78 is 5.47. The molecule has 110 valence electrons. The molecule has 0 radical (unpaired) electrons. The molecule has 5 heteroatoms. The molecule has 0 unspecified atom stereocenters. The van der Waals surface area contributed by atoms with Crippen LogP contribution in [0.3, 0.4) is 0 Å². The molecule has 2 fully saturated rings. The lowest BCUT2D eigenvalue weighted by molar-refractivity contribution is -0.0674. The number of hydrogen-bond acceptors (Lipinski definition) is 3. The Kier molecular flexibility index (Phi) is 5.05. The van der Waals surface area contributed by atoms with Crippen LogP contribution in [-0.4, -0.2) is 43.0 Å². The van der Waals surface area contributed by atoms with E-state index < -0.39 is 0 Å². The minimum atomic E-state index is -0.119. The van der Waals surface area contributed by atoms with Crippen molar-refractivity contribution in [2.75, 3.05) is 20.3 Å². The first kappa shape index (κ1) is 14.6. The Labute approximate surface area is 115 Å². The molecule has 0 atom stereocenters. The van der Waals surface area contributed by atoms with E-state index >= 15 is 0 Å². The molecule has 0 aromatic rings. The summed E-state index contributed by atoms with van der Waals surface area (Å²) in [7, 11) is 1.72. The number of aliphatic hydroxyl groups is 1. The first-order valence-corrected chi connectivity index (χ1v) is 7.38. The van der Waals surface area contributed by atoms with Gasteiger partial charge in [0.25, 0.3) is 0 Å². The fraction of sp³-hybridized carbons (Fsp3) is 0.929. The number of carbonyl (C=O) groups is 1. The molecular weight excluding hydrogens is 244 g/mol. The number of aliphatic hydroxyl groups excluding tert-OH is 1. The van der Waals surface area contributed by atoms with E-state index in [1.54, 1.807) is 7.11 Å². The van der Waals surface area contributed by atoms with Gasteiger partial charge in [-0.3, -0.25) is 0 Å². The molecule has 0 bridgehead atoms. The van der Waals surface area contributed by atoms with E-state index in [0.29, 0.717) is 12.5 Å². The molecule has 0 saturated heterocycles. The minimum absolute atomic E-state index is 0.0872. The fourth-order valence-electron chi connectivity index (χ4n) is 2.99. The number of nitrogens with one attached hydrogen (secondary N) is 2. The third kappa shape index (κ3) is 3.83. The van der Waals surface area contributed by atoms with Crippen LogP contribution in [0.1, 0.15) is 44.9 Å². The van der Waals surface area contributed by atoms with Crippen molar-refractivity contribution in [2.24, 2.45) is 5.92 Å².